The summed E-state index contributed by atoms with van der Waals surface area (Å²) in [5.41, 5.74) is 7.45. The molecule has 3 aromatic rings. The third kappa shape index (κ3) is 5.09. The van der Waals surface area contributed by atoms with E-state index < -0.39 is 11.6 Å². The second-order valence-corrected chi connectivity index (χ2v) is 9.10. The van der Waals surface area contributed by atoms with E-state index in [-0.39, 0.29) is 34.8 Å². The Kier molecular flexibility index (Phi) is 7.36. The standard InChI is InChI=1S/C24H31F2N9O/c1-33(2)16-4-6-17(7-5-16)36-20-9-8-19(21(25)22(20)26)35(29)24(32-28)18-10-14(11-30-23(18)27)15-12-31-34(3)13-15/h8-13,16-17H,4-7,28-29H2,1-3H3,(H2,27,30)/b32-24-. The van der Waals surface area contributed by atoms with Gasteiger partial charge in [0, 0.05) is 36.6 Å². The number of hydrazine groups is 1. The minimum atomic E-state index is -1.19. The summed E-state index contributed by atoms with van der Waals surface area (Å²) in [5, 5.41) is 8.67. The minimum Gasteiger partial charge on any atom is -0.487 e. The monoisotopic (exact) mass is 499 g/mol. The number of nitrogens with two attached hydrogens (primary N) is 3. The van der Waals surface area contributed by atoms with Gasteiger partial charge in [-0.05, 0) is 58.0 Å². The summed E-state index contributed by atoms with van der Waals surface area (Å²) < 4.78 is 37.6. The molecular weight excluding hydrogens is 468 g/mol. The molecule has 12 heteroatoms. The van der Waals surface area contributed by atoms with Gasteiger partial charge in [-0.2, -0.15) is 14.6 Å². The van der Waals surface area contributed by atoms with Crippen molar-refractivity contribution >= 4 is 17.3 Å². The Morgan fingerprint density at radius 1 is 1.11 bits per heavy atom. The molecule has 0 bridgehead atoms. The lowest BCUT2D eigenvalue weighted by Crippen LogP contribution is -2.40. The van der Waals surface area contributed by atoms with Crippen molar-refractivity contribution in [3.05, 3.63) is 54.0 Å². The topological polar surface area (TPSA) is 137 Å². The number of benzene rings is 1. The van der Waals surface area contributed by atoms with Crippen LogP contribution in [0.5, 0.6) is 5.75 Å². The molecule has 4 rings (SSSR count). The average molecular weight is 500 g/mol. The number of aromatic nitrogens is 3. The number of hydrogen-bond donors (Lipinski definition) is 3. The van der Waals surface area contributed by atoms with Crippen molar-refractivity contribution in [1.29, 1.82) is 0 Å². The predicted octanol–water partition coefficient (Wildman–Crippen LogP) is 2.59. The SMILES string of the molecule is CN(C)C1CCC(Oc2ccc(N(N)/C(=N\N)c3cc(-c4cnn(C)c4)cnc3N)c(F)c2F)CC1. The molecule has 0 saturated heterocycles. The van der Waals surface area contributed by atoms with E-state index in [1.165, 1.54) is 12.1 Å². The van der Waals surface area contributed by atoms with Gasteiger partial charge in [0.2, 0.25) is 5.82 Å². The number of halogens is 2. The summed E-state index contributed by atoms with van der Waals surface area (Å²) >= 11 is 0. The number of nitrogens with zero attached hydrogens (tertiary/aromatic N) is 6. The quantitative estimate of drug-likeness (QED) is 0.204. The van der Waals surface area contributed by atoms with Gasteiger partial charge in [0.1, 0.15) is 5.82 Å². The zero-order chi connectivity index (χ0) is 26.0. The number of pyridine rings is 1. The van der Waals surface area contributed by atoms with Crippen LogP contribution in [0.3, 0.4) is 0 Å². The van der Waals surface area contributed by atoms with Crippen LogP contribution in [0.15, 0.2) is 41.9 Å². The fourth-order valence-electron chi connectivity index (χ4n) is 4.42. The molecule has 0 spiro atoms. The van der Waals surface area contributed by atoms with Gasteiger partial charge in [0.25, 0.3) is 0 Å². The zero-order valence-corrected chi connectivity index (χ0v) is 20.5. The van der Waals surface area contributed by atoms with E-state index in [4.69, 9.17) is 22.2 Å². The van der Waals surface area contributed by atoms with Crippen LogP contribution in [0.4, 0.5) is 20.3 Å². The van der Waals surface area contributed by atoms with Crippen molar-refractivity contribution in [2.45, 2.75) is 37.8 Å². The normalized spacial score (nSPS) is 18.5. The van der Waals surface area contributed by atoms with Crippen LogP contribution in [0.2, 0.25) is 0 Å². The van der Waals surface area contributed by atoms with E-state index in [1.54, 1.807) is 36.4 Å². The lowest BCUT2D eigenvalue weighted by molar-refractivity contribution is 0.107. The third-order valence-corrected chi connectivity index (χ3v) is 6.50. The molecule has 0 radical (unpaired) electrons. The minimum absolute atomic E-state index is 0.0662. The summed E-state index contributed by atoms with van der Waals surface area (Å²) in [6, 6.07) is 4.79. The van der Waals surface area contributed by atoms with Crippen molar-refractivity contribution in [3.63, 3.8) is 0 Å². The van der Waals surface area contributed by atoms with Crippen molar-refractivity contribution in [3.8, 4) is 16.9 Å². The molecule has 192 valence electrons. The summed E-state index contributed by atoms with van der Waals surface area (Å²) in [6.07, 6.45) is 8.20. The van der Waals surface area contributed by atoms with Crippen molar-refractivity contribution in [1.82, 2.24) is 19.7 Å². The summed E-state index contributed by atoms with van der Waals surface area (Å²) in [6.45, 7) is 0. The third-order valence-electron chi connectivity index (χ3n) is 6.50. The number of ether oxygens (including phenoxy) is 1. The largest absolute Gasteiger partial charge is 0.487 e. The molecule has 0 aliphatic heterocycles. The van der Waals surface area contributed by atoms with Crippen LogP contribution in [-0.4, -0.2) is 51.7 Å². The highest BCUT2D eigenvalue weighted by molar-refractivity contribution is 6.12. The Morgan fingerprint density at radius 2 is 1.83 bits per heavy atom. The second kappa shape index (κ2) is 10.5. The number of hydrazone groups is 1. The molecule has 0 amide bonds. The van der Waals surface area contributed by atoms with Crippen LogP contribution < -0.4 is 27.2 Å². The van der Waals surface area contributed by atoms with Gasteiger partial charge in [0.15, 0.2) is 17.4 Å². The van der Waals surface area contributed by atoms with Crippen molar-refractivity contribution in [2.75, 3.05) is 24.8 Å². The molecule has 1 aliphatic rings. The maximum atomic E-state index is 15.2. The first-order valence-electron chi connectivity index (χ1n) is 11.6. The lowest BCUT2D eigenvalue weighted by atomic mass is 9.92. The summed E-state index contributed by atoms with van der Waals surface area (Å²) in [7, 11) is 5.86. The summed E-state index contributed by atoms with van der Waals surface area (Å²) in [5.74, 6) is 9.25. The Bertz CT molecular complexity index is 1250. The molecule has 36 heavy (non-hydrogen) atoms. The second-order valence-electron chi connectivity index (χ2n) is 9.10. The first kappa shape index (κ1) is 25.3. The highest BCUT2D eigenvalue weighted by Crippen LogP contribution is 2.32. The molecule has 2 heterocycles. The molecule has 1 saturated carbocycles. The van der Waals surface area contributed by atoms with Crippen molar-refractivity contribution in [2.24, 2.45) is 23.8 Å². The van der Waals surface area contributed by atoms with E-state index in [9.17, 15) is 0 Å². The Labute approximate surface area is 208 Å². The van der Waals surface area contributed by atoms with Gasteiger partial charge < -0.3 is 21.2 Å². The zero-order valence-electron chi connectivity index (χ0n) is 20.5. The molecule has 1 aromatic carbocycles. The lowest BCUT2D eigenvalue weighted by Gasteiger charge is -2.32. The molecule has 0 atom stereocenters. The number of aryl methyl sites for hydroxylation is 1. The van der Waals surface area contributed by atoms with Gasteiger partial charge in [-0.1, -0.05) is 0 Å². The maximum absolute atomic E-state index is 15.2. The number of amidine groups is 1. The van der Waals surface area contributed by atoms with E-state index in [0.29, 0.717) is 11.6 Å². The number of anilines is 2. The van der Waals surface area contributed by atoms with Crippen LogP contribution in [0, 0.1) is 11.6 Å². The van der Waals surface area contributed by atoms with Crippen LogP contribution in [0.25, 0.3) is 11.1 Å². The molecule has 0 unspecified atom stereocenters. The average Bonchev–Trinajstić information content (AvgIpc) is 3.30. The van der Waals surface area contributed by atoms with E-state index in [2.05, 4.69) is 20.1 Å². The van der Waals surface area contributed by atoms with E-state index in [1.807, 2.05) is 14.1 Å². The smallest absolute Gasteiger partial charge is 0.202 e. The number of rotatable bonds is 6. The fraction of sp³-hybridized carbons (Fsp3) is 0.375. The Morgan fingerprint density at radius 3 is 2.44 bits per heavy atom. The molecule has 2 aromatic heterocycles. The molecular formula is C24H31F2N9O. The molecule has 6 N–H and O–H groups in total. The Balaban J connectivity index is 1.57. The van der Waals surface area contributed by atoms with Gasteiger partial charge in [-0.3, -0.25) is 9.69 Å². The van der Waals surface area contributed by atoms with E-state index in [0.717, 1.165) is 36.3 Å². The first-order valence-corrected chi connectivity index (χ1v) is 11.6. The number of nitrogen functional groups attached to an aromatic ring is 1. The molecule has 1 aliphatic carbocycles. The van der Waals surface area contributed by atoms with Crippen LogP contribution in [0.1, 0.15) is 31.2 Å². The summed E-state index contributed by atoms with van der Waals surface area (Å²) in [4.78, 5) is 6.35. The van der Waals surface area contributed by atoms with E-state index >= 15 is 8.78 Å². The van der Waals surface area contributed by atoms with Crippen molar-refractivity contribution < 1.29 is 13.5 Å². The highest BCUT2D eigenvalue weighted by atomic mass is 19.2. The highest BCUT2D eigenvalue weighted by Gasteiger charge is 2.27. The molecule has 1 fully saturated rings. The first-order chi connectivity index (χ1) is 17.2. The fourth-order valence-corrected chi connectivity index (χ4v) is 4.42. The number of hydrogen-bond acceptors (Lipinski definition) is 8. The van der Waals surface area contributed by atoms with Crippen LogP contribution in [-0.2, 0) is 7.05 Å². The van der Waals surface area contributed by atoms with Gasteiger partial charge in [0.05, 0.1) is 23.6 Å². The Hall–Kier alpha value is -3.77. The van der Waals surface area contributed by atoms with Gasteiger partial charge >= 0.3 is 0 Å². The van der Waals surface area contributed by atoms with Gasteiger partial charge in [-0.15, -0.1) is 0 Å². The maximum Gasteiger partial charge on any atom is 0.202 e. The van der Waals surface area contributed by atoms with Gasteiger partial charge in [-0.25, -0.2) is 15.2 Å². The van der Waals surface area contributed by atoms with Crippen LogP contribution >= 0.6 is 0 Å². The predicted molar refractivity (Wildman–Crippen MR) is 135 cm³/mol. The molecule has 10 nitrogen and oxygen atoms in total.